The zero-order chi connectivity index (χ0) is 14.1. The Kier molecular flexibility index (Phi) is 5.67. The van der Waals surface area contributed by atoms with Crippen LogP contribution < -0.4 is 39.4 Å². The number of carboxylic acid groups (broad SMARTS) is 1. The molecule has 0 unspecified atom stereocenters. The van der Waals surface area contributed by atoms with Gasteiger partial charge in [0.05, 0.1) is 22.8 Å². The number of ether oxygens (including phenoxy) is 1. The number of fused-ring (bicyclic) bond motifs is 1. The van der Waals surface area contributed by atoms with E-state index in [0.717, 1.165) is 21.0 Å². The van der Waals surface area contributed by atoms with E-state index in [1.165, 1.54) is 23.1 Å². The molecule has 0 radical (unpaired) electrons. The van der Waals surface area contributed by atoms with Crippen LogP contribution in [0.4, 0.5) is 0 Å². The third kappa shape index (κ3) is 3.60. The molecular weight excluding hydrogens is 319 g/mol. The zero-order valence-electron chi connectivity index (χ0n) is 11.7. The van der Waals surface area contributed by atoms with Gasteiger partial charge >= 0.3 is 29.6 Å². The quantitative estimate of drug-likeness (QED) is 0.626. The standard InChI is InChI=1S/C13H12N2O3S2.Na/c1-2-18-7-3-4-8-10(5-7)20-12(14-8)11-15-9(6-19-11)13(16)17;/h3-5,9H,2,6H2,1H3,(H,16,17);/q;+1/p-1/t9-;/m0./s1. The van der Waals surface area contributed by atoms with Crippen LogP contribution in [0.2, 0.25) is 0 Å². The van der Waals surface area contributed by atoms with Crippen LogP contribution in [0.1, 0.15) is 11.9 Å². The summed E-state index contributed by atoms with van der Waals surface area (Å²) in [6.07, 6.45) is 0. The van der Waals surface area contributed by atoms with Crippen molar-refractivity contribution in [3.63, 3.8) is 0 Å². The summed E-state index contributed by atoms with van der Waals surface area (Å²) in [5, 5.41) is 12.2. The topological polar surface area (TPSA) is 74.6 Å². The number of nitrogens with zero attached hydrogens (tertiary/aromatic N) is 2. The number of aliphatic imine (C=N–C) groups is 1. The van der Waals surface area contributed by atoms with Gasteiger partial charge in [0.25, 0.3) is 0 Å². The number of aliphatic carboxylic acids is 1. The molecule has 1 aromatic carbocycles. The Morgan fingerprint density at radius 3 is 3.00 bits per heavy atom. The summed E-state index contributed by atoms with van der Waals surface area (Å²) in [6, 6.07) is 4.96. The van der Waals surface area contributed by atoms with Crippen molar-refractivity contribution in [2.45, 2.75) is 13.0 Å². The van der Waals surface area contributed by atoms with E-state index in [1.807, 2.05) is 25.1 Å². The number of hydrogen-bond donors (Lipinski definition) is 0. The van der Waals surface area contributed by atoms with Crippen molar-refractivity contribution < 1.29 is 44.2 Å². The van der Waals surface area contributed by atoms with E-state index < -0.39 is 12.0 Å². The van der Waals surface area contributed by atoms with Crippen LogP contribution in [-0.2, 0) is 4.79 Å². The molecule has 0 aliphatic carbocycles. The van der Waals surface area contributed by atoms with Gasteiger partial charge < -0.3 is 14.6 Å². The number of aromatic nitrogens is 1. The molecule has 1 aliphatic rings. The van der Waals surface area contributed by atoms with Crippen molar-refractivity contribution in [3.8, 4) is 5.75 Å². The monoisotopic (exact) mass is 330 g/mol. The summed E-state index contributed by atoms with van der Waals surface area (Å²) >= 11 is 2.90. The third-order valence-electron chi connectivity index (χ3n) is 2.78. The molecule has 1 atom stereocenters. The molecule has 0 fully saturated rings. The van der Waals surface area contributed by atoms with Gasteiger partial charge in [-0.2, -0.15) is 0 Å². The largest absolute Gasteiger partial charge is 1.00 e. The molecule has 2 aromatic rings. The first-order chi connectivity index (χ1) is 9.67. The second-order valence-corrected chi connectivity index (χ2v) is 6.20. The molecule has 0 N–H and O–H groups in total. The number of carboxylic acids is 1. The van der Waals surface area contributed by atoms with Gasteiger partial charge in [-0.3, -0.25) is 4.99 Å². The second-order valence-electron chi connectivity index (χ2n) is 4.16. The number of hydrogen-bond acceptors (Lipinski definition) is 7. The van der Waals surface area contributed by atoms with Crippen molar-refractivity contribution in [2.24, 2.45) is 4.99 Å². The molecule has 21 heavy (non-hydrogen) atoms. The first-order valence-electron chi connectivity index (χ1n) is 6.12. The SMILES string of the molecule is CCOc1ccc2nc(C3=N[C@H](C(=O)[O-])CS3)sc2c1.[Na+]. The van der Waals surface area contributed by atoms with Crippen molar-refractivity contribution in [1.82, 2.24) is 4.98 Å². The Balaban J connectivity index is 0.00000161. The average Bonchev–Trinajstić information content (AvgIpc) is 3.05. The fourth-order valence-electron chi connectivity index (χ4n) is 1.86. The predicted molar refractivity (Wildman–Crippen MR) is 78.6 cm³/mol. The Morgan fingerprint density at radius 1 is 1.52 bits per heavy atom. The Labute approximate surface area is 152 Å². The molecule has 5 nitrogen and oxygen atoms in total. The molecule has 0 bridgehead atoms. The van der Waals surface area contributed by atoms with E-state index >= 15 is 0 Å². The second kappa shape index (κ2) is 7.11. The predicted octanol–water partition coefficient (Wildman–Crippen LogP) is -1.69. The maximum absolute atomic E-state index is 10.8. The summed E-state index contributed by atoms with van der Waals surface area (Å²) in [7, 11) is 0. The summed E-state index contributed by atoms with van der Waals surface area (Å²) in [4.78, 5) is 19.4. The first kappa shape index (κ1) is 16.8. The molecule has 0 amide bonds. The molecule has 2 heterocycles. The van der Waals surface area contributed by atoms with Crippen molar-refractivity contribution in [3.05, 3.63) is 23.2 Å². The minimum absolute atomic E-state index is 0. The molecule has 0 saturated carbocycles. The van der Waals surface area contributed by atoms with Crippen LogP contribution in [-0.4, -0.2) is 34.4 Å². The Bertz CT molecular complexity index is 702. The van der Waals surface area contributed by atoms with Crippen LogP contribution >= 0.6 is 23.1 Å². The Morgan fingerprint density at radius 2 is 2.33 bits per heavy atom. The fraction of sp³-hybridized carbons (Fsp3) is 0.308. The van der Waals surface area contributed by atoms with E-state index in [2.05, 4.69) is 9.98 Å². The Hall–Kier alpha value is -0.600. The van der Waals surface area contributed by atoms with Crippen LogP contribution in [0.5, 0.6) is 5.75 Å². The molecular formula is C13H11N2NaO3S2. The average molecular weight is 330 g/mol. The van der Waals surface area contributed by atoms with Gasteiger partial charge in [0.15, 0.2) is 0 Å². The van der Waals surface area contributed by atoms with Gasteiger partial charge in [-0.1, -0.05) is 0 Å². The molecule has 0 spiro atoms. The smallest absolute Gasteiger partial charge is 0.548 e. The maximum atomic E-state index is 10.8. The third-order valence-corrected chi connectivity index (χ3v) is 4.99. The number of carbonyl (C=O) groups is 1. The van der Waals surface area contributed by atoms with E-state index in [0.29, 0.717) is 17.4 Å². The molecule has 1 aromatic heterocycles. The molecule has 0 saturated heterocycles. The van der Waals surface area contributed by atoms with Gasteiger partial charge in [0.1, 0.15) is 21.8 Å². The molecule has 8 heteroatoms. The van der Waals surface area contributed by atoms with Gasteiger partial charge in [0.2, 0.25) is 0 Å². The van der Waals surface area contributed by atoms with Gasteiger partial charge in [0, 0.05) is 5.75 Å². The number of rotatable bonds is 4. The van der Waals surface area contributed by atoms with Crippen LogP contribution in [0, 0.1) is 0 Å². The molecule has 104 valence electrons. The summed E-state index contributed by atoms with van der Waals surface area (Å²) in [5.41, 5.74) is 0.869. The van der Waals surface area contributed by atoms with Crippen LogP contribution in [0.15, 0.2) is 23.2 Å². The van der Waals surface area contributed by atoms with Gasteiger partial charge in [-0.25, -0.2) is 4.98 Å². The summed E-state index contributed by atoms with van der Waals surface area (Å²) in [6.45, 7) is 2.55. The van der Waals surface area contributed by atoms with Crippen molar-refractivity contribution >= 4 is 44.3 Å². The van der Waals surface area contributed by atoms with Crippen LogP contribution in [0.3, 0.4) is 0 Å². The minimum atomic E-state index is -1.13. The van der Waals surface area contributed by atoms with E-state index in [1.54, 1.807) is 0 Å². The maximum Gasteiger partial charge on any atom is 1.00 e. The number of thiazole rings is 1. The van der Waals surface area contributed by atoms with Gasteiger partial charge in [-0.15, -0.1) is 23.1 Å². The van der Waals surface area contributed by atoms with E-state index in [9.17, 15) is 9.90 Å². The zero-order valence-corrected chi connectivity index (χ0v) is 15.3. The molecule has 3 rings (SSSR count). The minimum Gasteiger partial charge on any atom is -0.548 e. The van der Waals surface area contributed by atoms with Crippen molar-refractivity contribution in [1.29, 1.82) is 0 Å². The number of thioether (sulfide) groups is 1. The van der Waals surface area contributed by atoms with E-state index in [4.69, 9.17) is 4.74 Å². The summed E-state index contributed by atoms with van der Waals surface area (Å²) in [5.74, 6) is 0.0914. The number of benzene rings is 1. The van der Waals surface area contributed by atoms with Gasteiger partial charge in [-0.05, 0) is 25.1 Å². The fourth-order valence-corrected chi connectivity index (χ4v) is 3.95. The molecule has 1 aliphatic heterocycles. The van der Waals surface area contributed by atoms with Crippen LogP contribution in [0.25, 0.3) is 10.2 Å². The summed E-state index contributed by atoms with van der Waals surface area (Å²) < 4.78 is 6.46. The number of carbonyl (C=O) groups excluding carboxylic acids is 1. The van der Waals surface area contributed by atoms with E-state index in [-0.39, 0.29) is 29.6 Å². The first-order valence-corrected chi connectivity index (χ1v) is 7.93. The van der Waals surface area contributed by atoms with Crippen molar-refractivity contribution in [2.75, 3.05) is 12.4 Å². The normalized spacial score (nSPS) is 17.4.